The monoisotopic (exact) mass is 204 g/mol. The van der Waals surface area contributed by atoms with Gasteiger partial charge in [0, 0.05) is 7.05 Å². The first-order chi connectivity index (χ1) is 7.22. The molecule has 1 amide bonds. The Kier molecular flexibility index (Phi) is 2.73. The minimum Gasteiger partial charge on any atom is -0.325 e. The third kappa shape index (κ3) is 1.88. The Hall–Kier alpha value is -1.35. The number of amides is 1. The number of rotatable bonds is 2. The second kappa shape index (κ2) is 4.03. The molecule has 0 saturated carbocycles. The number of carbonyl (C=O) groups is 1. The smallest absolute Gasteiger partial charge is 0.237 e. The van der Waals surface area contributed by atoms with E-state index in [0.717, 1.165) is 12.0 Å². The fraction of sp³-hybridized carbons (Fsp3) is 0.417. The lowest BCUT2D eigenvalue weighted by atomic mass is 10.1. The van der Waals surface area contributed by atoms with Crippen molar-refractivity contribution in [3.05, 3.63) is 35.4 Å². The molecule has 1 saturated heterocycles. The molecule has 1 unspecified atom stereocenters. The van der Waals surface area contributed by atoms with Gasteiger partial charge in [0.1, 0.15) is 6.17 Å². The van der Waals surface area contributed by atoms with E-state index in [4.69, 9.17) is 0 Å². The van der Waals surface area contributed by atoms with Gasteiger partial charge in [0.25, 0.3) is 0 Å². The number of benzene rings is 1. The molecule has 0 aromatic heterocycles. The summed E-state index contributed by atoms with van der Waals surface area (Å²) in [6.07, 6.45) is 1.09. The van der Waals surface area contributed by atoms with Crippen molar-refractivity contribution in [3.8, 4) is 0 Å². The average molecular weight is 204 g/mol. The maximum Gasteiger partial charge on any atom is 0.237 e. The van der Waals surface area contributed by atoms with Gasteiger partial charge >= 0.3 is 0 Å². The topological polar surface area (TPSA) is 32.3 Å². The van der Waals surface area contributed by atoms with Crippen LogP contribution in [-0.4, -0.2) is 24.4 Å². The van der Waals surface area contributed by atoms with Gasteiger partial charge < -0.3 is 4.90 Å². The molecule has 1 aromatic carbocycles. The van der Waals surface area contributed by atoms with Crippen molar-refractivity contribution in [2.75, 3.05) is 13.6 Å². The predicted molar refractivity (Wildman–Crippen MR) is 59.3 cm³/mol. The average Bonchev–Trinajstić information content (AvgIpc) is 2.60. The summed E-state index contributed by atoms with van der Waals surface area (Å²) in [5.74, 6) is 0.152. The summed E-state index contributed by atoms with van der Waals surface area (Å²) < 4.78 is 0. The molecule has 0 radical (unpaired) electrons. The maximum atomic E-state index is 11.3. The Morgan fingerprint density at radius 3 is 2.53 bits per heavy atom. The van der Waals surface area contributed by atoms with E-state index in [0.29, 0.717) is 6.54 Å². The molecule has 1 heterocycles. The molecule has 80 valence electrons. The van der Waals surface area contributed by atoms with Crippen molar-refractivity contribution in [1.82, 2.24) is 10.2 Å². The van der Waals surface area contributed by atoms with Crippen LogP contribution in [0.25, 0.3) is 0 Å². The zero-order valence-electron chi connectivity index (χ0n) is 9.16. The van der Waals surface area contributed by atoms with Crippen LogP contribution in [0, 0.1) is 0 Å². The van der Waals surface area contributed by atoms with Crippen molar-refractivity contribution in [3.63, 3.8) is 0 Å². The number of likely N-dealkylation sites (N-methyl/N-ethyl adjacent to an activating group) is 1. The molecular formula is C12H16N2O. The van der Waals surface area contributed by atoms with Crippen LogP contribution in [0.15, 0.2) is 24.3 Å². The number of aryl methyl sites for hydroxylation is 1. The fourth-order valence-electron chi connectivity index (χ4n) is 1.87. The molecular weight excluding hydrogens is 188 g/mol. The zero-order valence-corrected chi connectivity index (χ0v) is 9.16. The van der Waals surface area contributed by atoms with E-state index in [1.165, 1.54) is 5.56 Å². The summed E-state index contributed by atoms with van der Waals surface area (Å²) in [6, 6.07) is 8.42. The minimum absolute atomic E-state index is 0.0448. The Balaban J connectivity index is 2.19. The highest BCUT2D eigenvalue weighted by Gasteiger charge is 2.27. The Morgan fingerprint density at radius 1 is 1.40 bits per heavy atom. The van der Waals surface area contributed by atoms with Gasteiger partial charge in [-0.25, -0.2) is 0 Å². The quantitative estimate of drug-likeness (QED) is 0.787. The molecule has 3 nitrogen and oxygen atoms in total. The van der Waals surface area contributed by atoms with Gasteiger partial charge in [-0.05, 0) is 17.5 Å². The first-order valence-corrected chi connectivity index (χ1v) is 5.30. The lowest BCUT2D eigenvalue weighted by Gasteiger charge is -2.19. The van der Waals surface area contributed by atoms with Crippen molar-refractivity contribution < 1.29 is 4.79 Å². The highest BCUT2D eigenvalue weighted by Crippen LogP contribution is 2.20. The molecule has 1 aliphatic heterocycles. The van der Waals surface area contributed by atoms with E-state index in [1.807, 2.05) is 7.05 Å². The predicted octanol–water partition coefficient (Wildman–Crippen LogP) is 1.31. The third-order valence-electron chi connectivity index (χ3n) is 2.93. The van der Waals surface area contributed by atoms with Crippen LogP contribution in [0.1, 0.15) is 24.2 Å². The number of hydrogen-bond acceptors (Lipinski definition) is 2. The molecule has 1 atom stereocenters. The third-order valence-corrected chi connectivity index (χ3v) is 2.93. The first kappa shape index (κ1) is 10.2. The summed E-state index contributed by atoms with van der Waals surface area (Å²) in [5, 5.41) is 3.19. The molecule has 0 bridgehead atoms. The first-order valence-electron chi connectivity index (χ1n) is 5.30. The van der Waals surface area contributed by atoms with E-state index in [1.54, 1.807) is 4.90 Å². The van der Waals surface area contributed by atoms with Gasteiger partial charge in [0.2, 0.25) is 5.91 Å². The van der Waals surface area contributed by atoms with Gasteiger partial charge in [-0.2, -0.15) is 0 Å². The van der Waals surface area contributed by atoms with Crippen LogP contribution in [-0.2, 0) is 11.2 Å². The molecule has 1 N–H and O–H groups in total. The Bertz CT molecular complexity index is 358. The van der Waals surface area contributed by atoms with Crippen LogP contribution < -0.4 is 5.32 Å². The van der Waals surface area contributed by atoms with Crippen molar-refractivity contribution in [2.45, 2.75) is 19.5 Å². The number of hydrogen-bond donors (Lipinski definition) is 1. The van der Waals surface area contributed by atoms with Gasteiger partial charge in [0.05, 0.1) is 6.54 Å². The summed E-state index contributed by atoms with van der Waals surface area (Å²) in [5.41, 5.74) is 2.48. The van der Waals surface area contributed by atoms with Crippen LogP contribution >= 0.6 is 0 Å². The molecule has 0 spiro atoms. The molecule has 0 aliphatic carbocycles. The second-order valence-corrected chi connectivity index (χ2v) is 3.88. The van der Waals surface area contributed by atoms with Crippen LogP contribution in [0.3, 0.4) is 0 Å². The SMILES string of the molecule is CCc1ccc(C2NCC(=O)N2C)cc1. The van der Waals surface area contributed by atoms with Gasteiger partial charge in [-0.3, -0.25) is 10.1 Å². The highest BCUT2D eigenvalue weighted by atomic mass is 16.2. The molecule has 15 heavy (non-hydrogen) atoms. The summed E-state index contributed by atoms with van der Waals surface area (Å²) in [7, 11) is 1.83. The molecule has 1 fully saturated rings. The summed E-state index contributed by atoms with van der Waals surface area (Å²) >= 11 is 0. The Morgan fingerprint density at radius 2 is 2.07 bits per heavy atom. The van der Waals surface area contributed by atoms with Gasteiger partial charge in [0.15, 0.2) is 0 Å². The lowest BCUT2D eigenvalue weighted by molar-refractivity contribution is -0.126. The maximum absolute atomic E-state index is 11.3. The van der Waals surface area contributed by atoms with Crippen LogP contribution in [0.2, 0.25) is 0 Å². The zero-order chi connectivity index (χ0) is 10.8. The molecule has 1 aliphatic rings. The van der Waals surface area contributed by atoms with Crippen LogP contribution in [0.5, 0.6) is 0 Å². The standard InChI is InChI=1S/C12H16N2O/c1-3-9-4-6-10(7-5-9)12-13-8-11(15)14(12)2/h4-7,12-13H,3,8H2,1-2H3. The second-order valence-electron chi connectivity index (χ2n) is 3.88. The molecule has 3 heteroatoms. The van der Waals surface area contributed by atoms with Gasteiger partial charge in [-0.15, -0.1) is 0 Å². The molecule has 1 aromatic rings. The molecule has 2 rings (SSSR count). The number of nitrogens with one attached hydrogen (secondary N) is 1. The fourth-order valence-corrected chi connectivity index (χ4v) is 1.87. The van der Waals surface area contributed by atoms with Gasteiger partial charge in [-0.1, -0.05) is 31.2 Å². The Labute approximate surface area is 90.1 Å². The van der Waals surface area contributed by atoms with E-state index >= 15 is 0 Å². The summed E-state index contributed by atoms with van der Waals surface area (Å²) in [6.45, 7) is 2.58. The van der Waals surface area contributed by atoms with E-state index in [9.17, 15) is 4.79 Å². The van der Waals surface area contributed by atoms with Crippen LogP contribution in [0.4, 0.5) is 0 Å². The van der Waals surface area contributed by atoms with E-state index in [2.05, 4.69) is 36.5 Å². The summed E-state index contributed by atoms with van der Waals surface area (Å²) in [4.78, 5) is 13.1. The highest BCUT2D eigenvalue weighted by molar-refractivity contribution is 5.80. The van der Waals surface area contributed by atoms with Crippen molar-refractivity contribution in [1.29, 1.82) is 0 Å². The van der Waals surface area contributed by atoms with E-state index < -0.39 is 0 Å². The minimum atomic E-state index is 0.0448. The number of carbonyl (C=O) groups excluding carboxylic acids is 1. The normalized spacial score (nSPS) is 21.1. The lowest BCUT2D eigenvalue weighted by Crippen LogP contribution is -2.25. The van der Waals surface area contributed by atoms with Crippen molar-refractivity contribution >= 4 is 5.91 Å². The van der Waals surface area contributed by atoms with Crippen molar-refractivity contribution in [2.24, 2.45) is 0 Å². The largest absolute Gasteiger partial charge is 0.325 e. The van der Waals surface area contributed by atoms with E-state index in [-0.39, 0.29) is 12.1 Å². The number of nitrogens with zero attached hydrogens (tertiary/aromatic N) is 1.